The van der Waals surface area contributed by atoms with Gasteiger partial charge in [0.2, 0.25) is 0 Å². The highest BCUT2D eigenvalue weighted by Crippen LogP contribution is 2.36. The molecule has 1 amide bonds. The number of nitrogens with zero attached hydrogens (tertiary/aromatic N) is 1. The van der Waals surface area contributed by atoms with Gasteiger partial charge in [-0.25, -0.2) is 10.2 Å². The number of esters is 1. The molecule has 35 heavy (non-hydrogen) atoms. The van der Waals surface area contributed by atoms with Gasteiger partial charge in [0.1, 0.15) is 5.75 Å². The number of benzene rings is 3. The van der Waals surface area contributed by atoms with E-state index >= 15 is 0 Å². The first-order valence-corrected chi connectivity index (χ1v) is 12.9. The topological polar surface area (TPSA) is 86.2 Å². The summed E-state index contributed by atoms with van der Waals surface area (Å²) < 4.78 is 18.9. The van der Waals surface area contributed by atoms with Crippen molar-refractivity contribution >= 4 is 77.5 Å². The van der Waals surface area contributed by atoms with Crippen LogP contribution in [0.4, 0.5) is 0 Å². The number of hydrogen-bond donors (Lipinski definition) is 1. The van der Waals surface area contributed by atoms with Gasteiger partial charge in [0, 0.05) is 4.47 Å². The third-order valence-corrected chi connectivity index (χ3v) is 6.24. The smallest absolute Gasteiger partial charge is 0.345 e. The standard InChI is InChI=1S/C24H18Br3ClN2O5/c1-2-33-21-9-14(7-8-20(21)35-24(32)16-5-3-4-6-19(16)28)12-29-30-22(31)13-34-23-17(26)10-15(25)11-18(23)27/h3-12H,2,13H2,1H3,(H,30,31)/b29-12+. The molecule has 0 unspecified atom stereocenters. The average molecular weight is 690 g/mol. The second-order valence-corrected chi connectivity index (χ2v) is 9.82. The molecule has 11 heteroatoms. The summed E-state index contributed by atoms with van der Waals surface area (Å²) in [6, 6.07) is 15.1. The van der Waals surface area contributed by atoms with E-state index in [2.05, 4.69) is 58.3 Å². The molecule has 3 rings (SSSR count). The molecule has 182 valence electrons. The summed E-state index contributed by atoms with van der Waals surface area (Å²) in [6.45, 7) is 1.92. The van der Waals surface area contributed by atoms with Crippen molar-refractivity contribution in [2.24, 2.45) is 5.10 Å². The largest absolute Gasteiger partial charge is 0.490 e. The van der Waals surface area contributed by atoms with Crippen LogP contribution in [0, 0.1) is 0 Å². The molecule has 0 heterocycles. The van der Waals surface area contributed by atoms with Crippen molar-refractivity contribution in [3.63, 3.8) is 0 Å². The molecule has 0 aliphatic rings. The second kappa shape index (κ2) is 13.1. The Balaban J connectivity index is 1.62. The van der Waals surface area contributed by atoms with E-state index in [0.29, 0.717) is 37.6 Å². The predicted octanol–water partition coefficient (Wildman–Crippen LogP) is 6.77. The van der Waals surface area contributed by atoms with Crippen LogP contribution in [-0.4, -0.2) is 31.3 Å². The molecule has 0 bridgehead atoms. The minimum absolute atomic E-state index is 0.233. The van der Waals surface area contributed by atoms with Crippen LogP contribution in [0.3, 0.4) is 0 Å². The van der Waals surface area contributed by atoms with Gasteiger partial charge < -0.3 is 14.2 Å². The van der Waals surface area contributed by atoms with E-state index in [4.69, 9.17) is 25.8 Å². The molecule has 3 aromatic rings. The summed E-state index contributed by atoms with van der Waals surface area (Å²) in [6.07, 6.45) is 1.44. The molecule has 0 atom stereocenters. The zero-order valence-electron chi connectivity index (χ0n) is 18.2. The number of ether oxygens (including phenoxy) is 3. The van der Waals surface area contributed by atoms with Gasteiger partial charge in [-0.3, -0.25) is 4.79 Å². The Morgan fingerprint density at radius 3 is 2.40 bits per heavy atom. The number of hydrazone groups is 1. The first kappa shape index (κ1) is 27.2. The maximum absolute atomic E-state index is 12.5. The lowest BCUT2D eigenvalue weighted by Crippen LogP contribution is -2.24. The Bertz CT molecular complexity index is 1250. The molecule has 0 saturated heterocycles. The molecule has 1 N–H and O–H groups in total. The Morgan fingerprint density at radius 2 is 1.71 bits per heavy atom. The molecule has 7 nitrogen and oxygen atoms in total. The normalized spacial score (nSPS) is 10.8. The monoisotopic (exact) mass is 686 g/mol. The number of carbonyl (C=O) groups is 2. The zero-order chi connectivity index (χ0) is 25.4. The highest BCUT2D eigenvalue weighted by Gasteiger charge is 2.16. The molecular formula is C24H18Br3ClN2O5. The lowest BCUT2D eigenvalue weighted by Gasteiger charge is -2.12. The molecule has 0 saturated carbocycles. The molecular weight excluding hydrogens is 671 g/mol. The van der Waals surface area contributed by atoms with Gasteiger partial charge in [0.05, 0.1) is 32.4 Å². The van der Waals surface area contributed by atoms with Crippen molar-refractivity contribution < 1.29 is 23.8 Å². The van der Waals surface area contributed by atoms with Crippen LogP contribution < -0.4 is 19.6 Å². The fourth-order valence-electron chi connectivity index (χ4n) is 2.75. The van der Waals surface area contributed by atoms with Crippen LogP contribution in [0.2, 0.25) is 5.02 Å². The van der Waals surface area contributed by atoms with Gasteiger partial charge in [-0.05, 0) is 86.8 Å². The van der Waals surface area contributed by atoms with Crippen LogP contribution in [0.1, 0.15) is 22.8 Å². The van der Waals surface area contributed by atoms with E-state index < -0.39 is 11.9 Å². The highest BCUT2D eigenvalue weighted by atomic mass is 79.9. The molecule has 3 aromatic carbocycles. The quantitative estimate of drug-likeness (QED) is 0.116. The van der Waals surface area contributed by atoms with E-state index in [0.717, 1.165) is 4.47 Å². The number of amides is 1. The summed E-state index contributed by atoms with van der Waals surface area (Å²) in [5.41, 5.74) is 3.26. The van der Waals surface area contributed by atoms with Crippen LogP contribution >= 0.6 is 59.4 Å². The third-order valence-electron chi connectivity index (χ3n) is 4.28. The minimum atomic E-state index is -0.603. The van der Waals surface area contributed by atoms with Crippen molar-refractivity contribution in [2.45, 2.75) is 6.92 Å². The number of hydrogen-bond acceptors (Lipinski definition) is 6. The fraction of sp³-hybridized carbons (Fsp3) is 0.125. The van der Waals surface area contributed by atoms with Gasteiger partial charge in [0.15, 0.2) is 18.1 Å². The van der Waals surface area contributed by atoms with Crippen LogP contribution in [0.25, 0.3) is 0 Å². The highest BCUT2D eigenvalue weighted by molar-refractivity contribution is 9.11. The fourth-order valence-corrected chi connectivity index (χ4v) is 5.46. The summed E-state index contributed by atoms with van der Waals surface area (Å²) in [4.78, 5) is 24.6. The second-order valence-electron chi connectivity index (χ2n) is 6.79. The summed E-state index contributed by atoms with van der Waals surface area (Å²) in [7, 11) is 0. The van der Waals surface area contributed by atoms with Crippen molar-refractivity contribution in [3.05, 3.63) is 84.2 Å². The molecule has 0 aliphatic carbocycles. The average Bonchev–Trinajstić information content (AvgIpc) is 2.80. The third kappa shape index (κ3) is 7.79. The van der Waals surface area contributed by atoms with Gasteiger partial charge in [-0.15, -0.1) is 0 Å². The van der Waals surface area contributed by atoms with E-state index in [1.165, 1.54) is 6.21 Å². The van der Waals surface area contributed by atoms with Gasteiger partial charge in [0.25, 0.3) is 5.91 Å². The molecule has 0 aromatic heterocycles. The number of carbonyl (C=O) groups excluding carboxylic acids is 2. The van der Waals surface area contributed by atoms with Crippen molar-refractivity contribution in [1.82, 2.24) is 5.43 Å². The Hall–Kier alpha value is -2.40. The summed E-state index contributed by atoms with van der Waals surface area (Å²) in [5, 5.41) is 4.24. The molecule has 0 aliphatic heterocycles. The summed E-state index contributed by atoms with van der Waals surface area (Å²) >= 11 is 16.2. The van der Waals surface area contributed by atoms with Crippen LogP contribution in [-0.2, 0) is 4.79 Å². The first-order chi connectivity index (χ1) is 16.8. The Kier molecular flexibility index (Phi) is 10.1. The van der Waals surface area contributed by atoms with Crippen LogP contribution in [0.15, 0.2) is 73.1 Å². The Labute approximate surface area is 232 Å². The summed E-state index contributed by atoms with van der Waals surface area (Å²) in [5.74, 6) is 0.0247. The number of rotatable bonds is 9. The van der Waals surface area contributed by atoms with E-state index in [9.17, 15) is 9.59 Å². The maximum atomic E-state index is 12.5. The lowest BCUT2D eigenvalue weighted by molar-refractivity contribution is -0.123. The van der Waals surface area contributed by atoms with Crippen molar-refractivity contribution in [2.75, 3.05) is 13.2 Å². The van der Waals surface area contributed by atoms with E-state index in [1.54, 1.807) is 42.5 Å². The Morgan fingerprint density at radius 1 is 1.00 bits per heavy atom. The van der Waals surface area contributed by atoms with Crippen molar-refractivity contribution in [1.29, 1.82) is 0 Å². The predicted molar refractivity (Wildman–Crippen MR) is 145 cm³/mol. The lowest BCUT2D eigenvalue weighted by atomic mass is 10.2. The van der Waals surface area contributed by atoms with E-state index in [-0.39, 0.29) is 17.9 Å². The SMILES string of the molecule is CCOc1cc(/C=N/NC(=O)COc2c(Br)cc(Br)cc2Br)ccc1OC(=O)c1ccccc1Cl. The molecule has 0 radical (unpaired) electrons. The molecule has 0 spiro atoms. The van der Waals surface area contributed by atoms with Crippen LogP contribution in [0.5, 0.6) is 17.2 Å². The van der Waals surface area contributed by atoms with Gasteiger partial charge >= 0.3 is 5.97 Å². The maximum Gasteiger partial charge on any atom is 0.345 e. The van der Waals surface area contributed by atoms with E-state index in [1.807, 2.05) is 19.1 Å². The first-order valence-electron chi connectivity index (χ1n) is 10.1. The van der Waals surface area contributed by atoms with Crippen molar-refractivity contribution in [3.8, 4) is 17.2 Å². The minimum Gasteiger partial charge on any atom is -0.490 e. The number of nitrogens with one attached hydrogen (secondary N) is 1. The number of halogens is 4. The van der Waals surface area contributed by atoms with Gasteiger partial charge in [-0.2, -0.15) is 5.10 Å². The molecule has 0 fully saturated rings. The zero-order valence-corrected chi connectivity index (χ0v) is 23.7. The van der Waals surface area contributed by atoms with Gasteiger partial charge in [-0.1, -0.05) is 39.7 Å².